The number of methoxy groups -OCH3 is 2. The Bertz CT molecular complexity index is 508. The smallest absolute Gasteiger partial charge is 0.224 e. The van der Waals surface area contributed by atoms with Gasteiger partial charge in [-0.05, 0) is 53.0 Å². The van der Waals surface area contributed by atoms with Gasteiger partial charge in [-0.1, -0.05) is 0 Å². The lowest BCUT2D eigenvalue weighted by Crippen LogP contribution is -2.40. The van der Waals surface area contributed by atoms with E-state index in [4.69, 9.17) is 9.47 Å². The Morgan fingerprint density at radius 1 is 1.41 bits per heavy atom. The number of piperidine rings is 1. The predicted molar refractivity (Wildman–Crippen MR) is 91.9 cm³/mol. The summed E-state index contributed by atoms with van der Waals surface area (Å²) in [7, 11) is 3.19. The van der Waals surface area contributed by atoms with Crippen molar-refractivity contribution in [3.8, 4) is 11.5 Å². The van der Waals surface area contributed by atoms with Gasteiger partial charge in [0.05, 0.1) is 24.6 Å². The highest BCUT2D eigenvalue weighted by molar-refractivity contribution is 9.10. The van der Waals surface area contributed by atoms with Crippen molar-refractivity contribution in [1.29, 1.82) is 0 Å². The molecule has 1 amide bonds. The van der Waals surface area contributed by atoms with Crippen molar-refractivity contribution >= 4 is 34.2 Å². The Kier molecular flexibility index (Phi) is 8.00. The number of rotatable bonds is 5. The van der Waals surface area contributed by atoms with E-state index < -0.39 is 0 Å². The van der Waals surface area contributed by atoms with Gasteiger partial charge in [0, 0.05) is 13.1 Å². The molecular formula is C15H22BrClN2O3. The van der Waals surface area contributed by atoms with Crippen molar-refractivity contribution in [2.24, 2.45) is 5.92 Å². The van der Waals surface area contributed by atoms with Crippen LogP contribution in [0.1, 0.15) is 18.4 Å². The molecule has 1 heterocycles. The second-order valence-corrected chi connectivity index (χ2v) is 5.93. The van der Waals surface area contributed by atoms with Crippen molar-refractivity contribution in [2.45, 2.75) is 19.4 Å². The molecule has 5 nitrogen and oxygen atoms in total. The highest BCUT2D eigenvalue weighted by Crippen LogP contribution is 2.36. The molecule has 2 rings (SSSR count). The topological polar surface area (TPSA) is 59.6 Å². The molecule has 0 aromatic heterocycles. The van der Waals surface area contributed by atoms with Gasteiger partial charge in [0.2, 0.25) is 5.91 Å². The van der Waals surface area contributed by atoms with Crippen LogP contribution in [0.2, 0.25) is 0 Å². The van der Waals surface area contributed by atoms with Crippen molar-refractivity contribution in [2.75, 3.05) is 27.3 Å². The monoisotopic (exact) mass is 392 g/mol. The summed E-state index contributed by atoms with van der Waals surface area (Å²) in [6, 6.07) is 3.81. The largest absolute Gasteiger partial charge is 0.493 e. The van der Waals surface area contributed by atoms with Gasteiger partial charge in [-0.25, -0.2) is 0 Å². The number of hydrogen-bond donors (Lipinski definition) is 2. The molecule has 0 bridgehead atoms. The number of ether oxygens (including phenoxy) is 2. The molecule has 0 saturated carbocycles. The van der Waals surface area contributed by atoms with E-state index in [0.29, 0.717) is 18.0 Å². The lowest BCUT2D eigenvalue weighted by Gasteiger charge is -2.22. The maximum Gasteiger partial charge on any atom is 0.224 e. The first-order chi connectivity index (χ1) is 10.2. The fourth-order valence-electron chi connectivity index (χ4n) is 2.48. The van der Waals surface area contributed by atoms with Crippen LogP contribution >= 0.6 is 28.3 Å². The van der Waals surface area contributed by atoms with Crippen LogP contribution in [-0.2, 0) is 11.3 Å². The lowest BCUT2D eigenvalue weighted by atomic mass is 9.99. The third kappa shape index (κ3) is 4.76. The van der Waals surface area contributed by atoms with E-state index in [1.807, 2.05) is 12.1 Å². The summed E-state index contributed by atoms with van der Waals surface area (Å²) >= 11 is 3.45. The first-order valence-corrected chi connectivity index (χ1v) is 7.83. The molecule has 1 aromatic rings. The number of halogens is 2. The van der Waals surface area contributed by atoms with Crippen LogP contribution in [0, 0.1) is 5.92 Å². The van der Waals surface area contributed by atoms with Gasteiger partial charge in [0.25, 0.3) is 0 Å². The Morgan fingerprint density at radius 3 is 2.77 bits per heavy atom. The van der Waals surface area contributed by atoms with E-state index >= 15 is 0 Å². The molecule has 0 aliphatic carbocycles. The fraction of sp³-hybridized carbons (Fsp3) is 0.533. The van der Waals surface area contributed by atoms with E-state index in [0.717, 1.165) is 36.0 Å². The summed E-state index contributed by atoms with van der Waals surface area (Å²) in [5.74, 6) is 1.48. The minimum absolute atomic E-state index is 0. The Labute approximate surface area is 145 Å². The summed E-state index contributed by atoms with van der Waals surface area (Å²) in [6.45, 7) is 2.25. The van der Waals surface area contributed by atoms with Crippen LogP contribution in [0.25, 0.3) is 0 Å². The van der Waals surface area contributed by atoms with Gasteiger partial charge >= 0.3 is 0 Å². The van der Waals surface area contributed by atoms with Crippen molar-refractivity contribution < 1.29 is 14.3 Å². The molecule has 0 radical (unpaired) electrons. The van der Waals surface area contributed by atoms with Gasteiger partial charge in [0.1, 0.15) is 0 Å². The Morgan fingerprint density at radius 2 is 2.18 bits per heavy atom. The molecule has 1 fully saturated rings. The molecule has 7 heteroatoms. The highest BCUT2D eigenvalue weighted by Gasteiger charge is 2.20. The number of carbonyl (C=O) groups excluding carboxylic acids is 1. The average molecular weight is 394 g/mol. The fourth-order valence-corrected chi connectivity index (χ4v) is 3.13. The second kappa shape index (κ2) is 9.22. The molecule has 1 unspecified atom stereocenters. The third-order valence-electron chi connectivity index (χ3n) is 3.63. The zero-order valence-corrected chi connectivity index (χ0v) is 15.2. The molecule has 1 saturated heterocycles. The Hall–Kier alpha value is -0.980. The molecular weight excluding hydrogens is 372 g/mol. The molecule has 22 heavy (non-hydrogen) atoms. The van der Waals surface area contributed by atoms with Crippen molar-refractivity contribution in [1.82, 2.24) is 10.6 Å². The molecule has 2 N–H and O–H groups in total. The standard InChI is InChI=1S/C15H21BrN2O3.ClH/c1-20-13-7-10(6-12(16)14(13)21-2)8-18-15(19)11-4-3-5-17-9-11;/h6-7,11,17H,3-5,8-9H2,1-2H3,(H,18,19);1H. The van der Waals surface area contributed by atoms with Crippen LogP contribution in [0.5, 0.6) is 11.5 Å². The van der Waals surface area contributed by atoms with Gasteiger partial charge in [-0.15, -0.1) is 12.4 Å². The summed E-state index contributed by atoms with van der Waals surface area (Å²) < 4.78 is 11.4. The minimum Gasteiger partial charge on any atom is -0.493 e. The minimum atomic E-state index is 0. The molecule has 1 aromatic carbocycles. The lowest BCUT2D eigenvalue weighted by molar-refractivity contribution is -0.125. The number of amides is 1. The Balaban J connectivity index is 0.00000242. The van der Waals surface area contributed by atoms with E-state index in [9.17, 15) is 4.79 Å². The van der Waals surface area contributed by atoms with Crippen molar-refractivity contribution in [3.05, 3.63) is 22.2 Å². The number of benzene rings is 1. The van der Waals surface area contributed by atoms with Crippen LogP contribution in [0.3, 0.4) is 0 Å². The van der Waals surface area contributed by atoms with Crippen LogP contribution in [-0.4, -0.2) is 33.2 Å². The number of carbonyl (C=O) groups is 1. The average Bonchev–Trinajstić information content (AvgIpc) is 2.52. The number of nitrogens with one attached hydrogen (secondary N) is 2. The predicted octanol–water partition coefficient (Wildman–Crippen LogP) is 2.50. The number of hydrogen-bond acceptors (Lipinski definition) is 4. The van der Waals surface area contributed by atoms with E-state index in [1.165, 1.54) is 0 Å². The van der Waals surface area contributed by atoms with Gasteiger partial charge in [-0.3, -0.25) is 4.79 Å². The molecule has 1 aliphatic heterocycles. The summed E-state index contributed by atoms with van der Waals surface area (Å²) in [5, 5.41) is 6.24. The summed E-state index contributed by atoms with van der Waals surface area (Å²) in [5.41, 5.74) is 0.969. The highest BCUT2D eigenvalue weighted by atomic mass is 79.9. The van der Waals surface area contributed by atoms with Crippen LogP contribution < -0.4 is 20.1 Å². The zero-order valence-electron chi connectivity index (χ0n) is 12.8. The quantitative estimate of drug-likeness (QED) is 0.807. The maximum atomic E-state index is 12.1. The normalized spacial score (nSPS) is 17.3. The van der Waals surface area contributed by atoms with E-state index in [1.54, 1.807) is 14.2 Å². The SMILES string of the molecule is COc1cc(CNC(=O)C2CCCNC2)cc(Br)c1OC.Cl. The first-order valence-electron chi connectivity index (χ1n) is 7.04. The maximum absolute atomic E-state index is 12.1. The van der Waals surface area contributed by atoms with Gasteiger partial charge in [0.15, 0.2) is 11.5 Å². The van der Waals surface area contributed by atoms with E-state index in [2.05, 4.69) is 26.6 Å². The molecule has 0 spiro atoms. The van der Waals surface area contributed by atoms with E-state index in [-0.39, 0.29) is 24.2 Å². The molecule has 1 atom stereocenters. The third-order valence-corrected chi connectivity index (χ3v) is 4.22. The first kappa shape index (κ1) is 19.1. The van der Waals surface area contributed by atoms with Gasteiger partial charge < -0.3 is 20.1 Å². The zero-order chi connectivity index (χ0) is 15.2. The molecule has 1 aliphatic rings. The second-order valence-electron chi connectivity index (χ2n) is 5.07. The summed E-state index contributed by atoms with van der Waals surface area (Å²) in [6.07, 6.45) is 2.01. The summed E-state index contributed by atoms with van der Waals surface area (Å²) in [4.78, 5) is 12.1. The van der Waals surface area contributed by atoms with Crippen LogP contribution in [0.4, 0.5) is 0 Å². The van der Waals surface area contributed by atoms with Crippen molar-refractivity contribution in [3.63, 3.8) is 0 Å². The van der Waals surface area contributed by atoms with Gasteiger partial charge in [-0.2, -0.15) is 0 Å². The van der Waals surface area contributed by atoms with Crippen LogP contribution in [0.15, 0.2) is 16.6 Å². The molecule has 124 valence electrons.